The molecule has 5 heteroatoms. The van der Waals surface area contributed by atoms with Gasteiger partial charge in [-0.2, -0.15) is 0 Å². The normalized spacial score (nSPS) is 20.7. The fraction of sp³-hybridized carbons (Fsp3) is 0.500. The lowest BCUT2D eigenvalue weighted by Gasteiger charge is -2.19. The number of hydrogen-bond donors (Lipinski definition) is 2. The Balaban J connectivity index is 2.50. The molecule has 0 saturated heterocycles. The van der Waals surface area contributed by atoms with Gasteiger partial charge in [-0.25, -0.2) is 0 Å². The summed E-state index contributed by atoms with van der Waals surface area (Å²) in [5.74, 6) is 0.0928. The fourth-order valence-corrected chi connectivity index (χ4v) is 1.49. The minimum atomic E-state index is -0.464. The Bertz CT molecular complexity index is 286. The van der Waals surface area contributed by atoms with E-state index in [0.717, 1.165) is 6.42 Å². The molecule has 1 heterocycles. The average molecular weight is 209 g/mol. The lowest BCUT2D eigenvalue weighted by Crippen LogP contribution is -2.43. The summed E-state index contributed by atoms with van der Waals surface area (Å²) in [6, 6.07) is -0.464. The number of aliphatic imine (C=N–C) groups is 1. The van der Waals surface area contributed by atoms with E-state index in [-0.39, 0.29) is 11.8 Å². The van der Waals surface area contributed by atoms with Crippen molar-refractivity contribution in [1.29, 1.82) is 0 Å². The molecule has 1 aliphatic rings. The highest BCUT2D eigenvalue weighted by Gasteiger charge is 2.20. The summed E-state index contributed by atoms with van der Waals surface area (Å²) in [7, 11) is 1.56. The van der Waals surface area contributed by atoms with Gasteiger partial charge in [0.05, 0.1) is 0 Å². The van der Waals surface area contributed by atoms with Crippen LogP contribution in [0.2, 0.25) is 0 Å². The molecule has 0 aromatic heterocycles. The third-order valence-electron chi connectivity index (χ3n) is 2.33. The third kappa shape index (κ3) is 3.53. The van der Waals surface area contributed by atoms with Crippen LogP contribution in [0.4, 0.5) is 0 Å². The number of carbonyl (C=O) groups is 2. The second kappa shape index (κ2) is 5.95. The summed E-state index contributed by atoms with van der Waals surface area (Å²) in [5.41, 5.74) is 0. The number of nitrogens with zero attached hydrogens (tertiary/aromatic N) is 1. The summed E-state index contributed by atoms with van der Waals surface area (Å²) < 4.78 is 0. The molecule has 1 rings (SSSR count). The SMILES string of the molecule is CNC(=O)[C@H](CC1C=CN=CC1)NC=O. The first-order chi connectivity index (χ1) is 7.27. The van der Waals surface area contributed by atoms with Crippen LogP contribution in [0, 0.1) is 5.92 Å². The van der Waals surface area contributed by atoms with Crippen LogP contribution < -0.4 is 10.6 Å². The minimum Gasteiger partial charge on any atom is -0.357 e. The van der Waals surface area contributed by atoms with E-state index in [9.17, 15) is 9.59 Å². The molecule has 0 aliphatic carbocycles. The zero-order chi connectivity index (χ0) is 11.1. The maximum absolute atomic E-state index is 11.4. The van der Waals surface area contributed by atoms with E-state index in [1.807, 2.05) is 12.3 Å². The van der Waals surface area contributed by atoms with E-state index < -0.39 is 6.04 Å². The molecular weight excluding hydrogens is 194 g/mol. The van der Waals surface area contributed by atoms with Gasteiger partial charge in [-0.3, -0.25) is 14.6 Å². The van der Waals surface area contributed by atoms with Crippen molar-refractivity contribution in [2.24, 2.45) is 10.9 Å². The molecule has 1 unspecified atom stereocenters. The van der Waals surface area contributed by atoms with Crippen LogP contribution >= 0.6 is 0 Å². The Hall–Kier alpha value is -1.65. The standard InChI is InChI=1S/C10H15N3O2/c1-11-10(15)9(13-7-14)6-8-2-4-12-5-3-8/h2,4-5,7-9H,3,6H2,1H3,(H,11,15)(H,13,14)/t8?,9-/m0/s1. The van der Waals surface area contributed by atoms with Crippen molar-refractivity contribution in [2.45, 2.75) is 18.9 Å². The Morgan fingerprint density at radius 3 is 3.07 bits per heavy atom. The van der Waals surface area contributed by atoms with Gasteiger partial charge in [0, 0.05) is 19.5 Å². The highest BCUT2D eigenvalue weighted by atomic mass is 16.2. The molecule has 1 aliphatic heterocycles. The monoisotopic (exact) mass is 209 g/mol. The first kappa shape index (κ1) is 11.4. The van der Waals surface area contributed by atoms with Gasteiger partial charge < -0.3 is 10.6 Å². The maximum atomic E-state index is 11.4. The fourth-order valence-electron chi connectivity index (χ4n) is 1.49. The average Bonchev–Trinajstić information content (AvgIpc) is 2.29. The number of amides is 2. The van der Waals surface area contributed by atoms with E-state index >= 15 is 0 Å². The van der Waals surface area contributed by atoms with Crippen molar-refractivity contribution >= 4 is 18.5 Å². The maximum Gasteiger partial charge on any atom is 0.242 e. The zero-order valence-electron chi connectivity index (χ0n) is 8.64. The van der Waals surface area contributed by atoms with Crippen LogP contribution in [0.1, 0.15) is 12.8 Å². The molecule has 5 nitrogen and oxygen atoms in total. The Kier molecular flexibility index (Phi) is 4.53. The van der Waals surface area contributed by atoms with Gasteiger partial charge in [-0.15, -0.1) is 0 Å². The molecule has 2 N–H and O–H groups in total. The van der Waals surface area contributed by atoms with Crippen molar-refractivity contribution < 1.29 is 9.59 Å². The van der Waals surface area contributed by atoms with Crippen LogP contribution in [0.3, 0.4) is 0 Å². The van der Waals surface area contributed by atoms with Gasteiger partial charge >= 0.3 is 0 Å². The largest absolute Gasteiger partial charge is 0.357 e. The van der Waals surface area contributed by atoms with Crippen LogP contribution in [0.15, 0.2) is 17.3 Å². The lowest BCUT2D eigenvalue weighted by molar-refractivity contribution is -0.125. The van der Waals surface area contributed by atoms with E-state index in [1.54, 1.807) is 13.2 Å². The van der Waals surface area contributed by atoms with Gasteiger partial charge in [0.2, 0.25) is 12.3 Å². The van der Waals surface area contributed by atoms with Gasteiger partial charge in [0.25, 0.3) is 0 Å². The first-order valence-electron chi connectivity index (χ1n) is 4.87. The number of rotatable bonds is 5. The number of nitrogens with one attached hydrogen (secondary N) is 2. The number of likely N-dealkylation sites (N-methyl/N-ethyl adjacent to an activating group) is 1. The van der Waals surface area contributed by atoms with Crippen molar-refractivity contribution in [3.8, 4) is 0 Å². The van der Waals surface area contributed by atoms with Crippen molar-refractivity contribution in [1.82, 2.24) is 10.6 Å². The Morgan fingerprint density at radius 2 is 2.53 bits per heavy atom. The number of allylic oxidation sites excluding steroid dienone is 1. The van der Waals surface area contributed by atoms with Crippen LogP contribution in [0.25, 0.3) is 0 Å². The number of carbonyl (C=O) groups excluding carboxylic acids is 2. The Morgan fingerprint density at radius 1 is 1.73 bits per heavy atom. The van der Waals surface area contributed by atoms with Crippen molar-refractivity contribution in [3.05, 3.63) is 12.3 Å². The van der Waals surface area contributed by atoms with Crippen LogP contribution in [-0.4, -0.2) is 31.6 Å². The zero-order valence-corrected chi connectivity index (χ0v) is 8.64. The topological polar surface area (TPSA) is 70.6 Å². The van der Waals surface area contributed by atoms with E-state index in [4.69, 9.17) is 0 Å². The second-order valence-electron chi connectivity index (χ2n) is 3.36. The third-order valence-corrected chi connectivity index (χ3v) is 2.33. The predicted molar refractivity (Wildman–Crippen MR) is 57.4 cm³/mol. The number of hydrogen-bond acceptors (Lipinski definition) is 3. The van der Waals surface area contributed by atoms with E-state index in [0.29, 0.717) is 12.8 Å². The van der Waals surface area contributed by atoms with E-state index in [1.165, 1.54) is 0 Å². The van der Waals surface area contributed by atoms with Gasteiger partial charge in [0.1, 0.15) is 6.04 Å². The van der Waals surface area contributed by atoms with Crippen molar-refractivity contribution in [2.75, 3.05) is 7.05 Å². The summed E-state index contributed by atoms with van der Waals surface area (Å²) in [4.78, 5) is 25.7. The minimum absolute atomic E-state index is 0.169. The molecule has 0 aromatic rings. The molecule has 0 fully saturated rings. The highest BCUT2D eigenvalue weighted by Crippen LogP contribution is 2.15. The van der Waals surface area contributed by atoms with Crippen LogP contribution in [0.5, 0.6) is 0 Å². The molecule has 82 valence electrons. The van der Waals surface area contributed by atoms with Crippen LogP contribution in [-0.2, 0) is 9.59 Å². The summed E-state index contributed by atoms with van der Waals surface area (Å²) in [5, 5.41) is 5.03. The molecule has 0 radical (unpaired) electrons. The Labute approximate surface area is 88.6 Å². The molecule has 0 aromatic carbocycles. The second-order valence-corrected chi connectivity index (χ2v) is 3.36. The summed E-state index contributed by atoms with van der Waals surface area (Å²) in [6.07, 6.45) is 7.44. The molecule has 2 amide bonds. The van der Waals surface area contributed by atoms with Gasteiger partial charge in [-0.1, -0.05) is 6.08 Å². The molecule has 0 spiro atoms. The summed E-state index contributed by atoms with van der Waals surface area (Å²) in [6.45, 7) is 0. The predicted octanol–water partition coefficient (Wildman–Crippen LogP) is -0.159. The molecule has 15 heavy (non-hydrogen) atoms. The lowest BCUT2D eigenvalue weighted by atomic mass is 9.95. The quantitative estimate of drug-likeness (QED) is 0.618. The smallest absolute Gasteiger partial charge is 0.242 e. The van der Waals surface area contributed by atoms with Gasteiger partial charge in [0.15, 0.2) is 0 Å². The van der Waals surface area contributed by atoms with Crippen molar-refractivity contribution in [3.63, 3.8) is 0 Å². The first-order valence-corrected chi connectivity index (χ1v) is 4.87. The molecule has 0 saturated carbocycles. The highest BCUT2D eigenvalue weighted by molar-refractivity contribution is 5.83. The molecule has 2 atom stereocenters. The van der Waals surface area contributed by atoms with Gasteiger partial charge in [-0.05, 0) is 18.8 Å². The molecular formula is C10H15N3O2. The molecule has 0 bridgehead atoms. The van der Waals surface area contributed by atoms with E-state index in [2.05, 4.69) is 15.6 Å². The summed E-state index contributed by atoms with van der Waals surface area (Å²) >= 11 is 0.